The van der Waals surface area contributed by atoms with Gasteiger partial charge < -0.3 is 20.1 Å². The molecule has 0 unspecified atom stereocenters. The highest BCUT2D eigenvalue weighted by Gasteiger charge is 2.11. The third kappa shape index (κ3) is 5.56. The summed E-state index contributed by atoms with van der Waals surface area (Å²) in [5.41, 5.74) is 2.63. The van der Waals surface area contributed by atoms with E-state index in [0.717, 1.165) is 16.9 Å². The molecule has 0 radical (unpaired) electrons. The molecule has 0 spiro atoms. The van der Waals surface area contributed by atoms with Gasteiger partial charge in [-0.2, -0.15) is 0 Å². The summed E-state index contributed by atoms with van der Waals surface area (Å²) in [4.78, 5) is 11.9. The highest BCUT2D eigenvalue weighted by molar-refractivity contribution is 6.32. The van der Waals surface area contributed by atoms with E-state index in [-0.39, 0.29) is 5.91 Å². The molecule has 0 atom stereocenters. The number of hydrogen-bond donors (Lipinski definition) is 2. The van der Waals surface area contributed by atoms with E-state index in [0.29, 0.717) is 35.4 Å². The van der Waals surface area contributed by atoms with Gasteiger partial charge in [0.1, 0.15) is 0 Å². The van der Waals surface area contributed by atoms with Crippen LogP contribution in [0.3, 0.4) is 0 Å². The first kappa shape index (κ1) is 19.9. The fourth-order valence-corrected chi connectivity index (χ4v) is 2.88. The molecule has 0 heterocycles. The van der Waals surface area contributed by atoms with Gasteiger partial charge in [0.25, 0.3) is 0 Å². The van der Waals surface area contributed by atoms with Crippen LogP contribution in [0.2, 0.25) is 5.02 Å². The molecule has 0 aliphatic carbocycles. The van der Waals surface area contributed by atoms with E-state index in [2.05, 4.69) is 10.6 Å². The van der Waals surface area contributed by atoms with E-state index in [1.54, 1.807) is 14.2 Å². The van der Waals surface area contributed by atoms with E-state index >= 15 is 0 Å². The van der Waals surface area contributed by atoms with Crippen molar-refractivity contribution >= 4 is 28.9 Å². The lowest BCUT2D eigenvalue weighted by atomic mass is 10.1. The highest BCUT2D eigenvalue weighted by Crippen LogP contribution is 2.36. The summed E-state index contributed by atoms with van der Waals surface area (Å²) in [7, 11) is 3.13. The SMILES string of the molecule is COc1cc(CNc2cccc(NC(=O)CC(C)C)c2)cc(Cl)c1OC. The van der Waals surface area contributed by atoms with E-state index in [1.807, 2.05) is 50.2 Å². The molecule has 0 aromatic heterocycles. The van der Waals surface area contributed by atoms with Crippen molar-refractivity contribution in [1.29, 1.82) is 0 Å². The molecule has 0 fully saturated rings. The first-order valence-corrected chi connectivity index (χ1v) is 8.85. The largest absolute Gasteiger partial charge is 0.493 e. The van der Waals surface area contributed by atoms with Crippen LogP contribution in [0.5, 0.6) is 11.5 Å². The Labute approximate surface area is 159 Å². The molecule has 2 aromatic rings. The minimum atomic E-state index is 0.0174. The zero-order valence-electron chi connectivity index (χ0n) is 15.6. The number of rotatable bonds is 8. The van der Waals surface area contributed by atoms with Crippen molar-refractivity contribution < 1.29 is 14.3 Å². The Balaban J connectivity index is 2.05. The molecule has 26 heavy (non-hydrogen) atoms. The second kappa shape index (κ2) is 9.34. The van der Waals surface area contributed by atoms with Crippen LogP contribution in [-0.4, -0.2) is 20.1 Å². The van der Waals surface area contributed by atoms with Crippen molar-refractivity contribution in [2.45, 2.75) is 26.8 Å². The summed E-state index contributed by atoms with van der Waals surface area (Å²) >= 11 is 6.24. The molecule has 0 aliphatic heterocycles. The molecule has 0 saturated heterocycles. The Bertz CT molecular complexity index is 763. The van der Waals surface area contributed by atoms with Gasteiger partial charge in [0.15, 0.2) is 11.5 Å². The zero-order valence-corrected chi connectivity index (χ0v) is 16.3. The topological polar surface area (TPSA) is 59.6 Å². The molecule has 0 bridgehead atoms. The molecule has 2 N–H and O–H groups in total. The van der Waals surface area contributed by atoms with E-state index < -0.39 is 0 Å². The van der Waals surface area contributed by atoms with Crippen LogP contribution in [-0.2, 0) is 11.3 Å². The third-order valence-corrected chi connectivity index (χ3v) is 4.01. The van der Waals surface area contributed by atoms with Crippen LogP contribution in [0.15, 0.2) is 36.4 Å². The summed E-state index contributed by atoms with van der Waals surface area (Å²) < 4.78 is 10.6. The monoisotopic (exact) mass is 376 g/mol. The quantitative estimate of drug-likeness (QED) is 0.684. The first-order valence-electron chi connectivity index (χ1n) is 8.47. The van der Waals surface area contributed by atoms with Crippen LogP contribution in [0.4, 0.5) is 11.4 Å². The number of hydrogen-bond acceptors (Lipinski definition) is 4. The number of methoxy groups -OCH3 is 2. The fraction of sp³-hybridized carbons (Fsp3) is 0.350. The lowest BCUT2D eigenvalue weighted by Crippen LogP contribution is -2.13. The predicted octanol–water partition coefficient (Wildman–Crippen LogP) is 4.95. The minimum absolute atomic E-state index is 0.0174. The number of amides is 1. The van der Waals surface area contributed by atoms with Crippen LogP contribution >= 0.6 is 11.6 Å². The van der Waals surface area contributed by atoms with Crippen molar-refractivity contribution in [3.63, 3.8) is 0 Å². The third-order valence-electron chi connectivity index (χ3n) is 3.73. The van der Waals surface area contributed by atoms with E-state index in [9.17, 15) is 4.79 Å². The zero-order chi connectivity index (χ0) is 19.1. The minimum Gasteiger partial charge on any atom is -0.493 e. The van der Waals surface area contributed by atoms with Gasteiger partial charge in [0, 0.05) is 24.3 Å². The van der Waals surface area contributed by atoms with Crippen LogP contribution in [0, 0.1) is 5.92 Å². The Morgan fingerprint density at radius 2 is 1.85 bits per heavy atom. The first-order chi connectivity index (χ1) is 12.4. The maximum absolute atomic E-state index is 11.9. The Morgan fingerprint density at radius 3 is 2.50 bits per heavy atom. The van der Waals surface area contributed by atoms with Crippen LogP contribution in [0.25, 0.3) is 0 Å². The normalized spacial score (nSPS) is 10.5. The van der Waals surface area contributed by atoms with Gasteiger partial charge >= 0.3 is 0 Å². The summed E-state index contributed by atoms with van der Waals surface area (Å²) in [6.07, 6.45) is 0.502. The smallest absolute Gasteiger partial charge is 0.224 e. The molecule has 0 aliphatic rings. The van der Waals surface area contributed by atoms with E-state index in [1.165, 1.54) is 0 Å². The summed E-state index contributed by atoms with van der Waals surface area (Å²) in [5, 5.41) is 6.74. The standard InChI is InChI=1S/C20H25ClN2O3/c1-13(2)8-19(24)23-16-7-5-6-15(11-16)22-12-14-9-17(21)20(26-4)18(10-14)25-3/h5-7,9-11,13,22H,8,12H2,1-4H3,(H,23,24). The van der Waals surface area contributed by atoms with Gasteiger partial charge in [-0.15, -0.1) is 0 Å². The fourth-order valence-electron chi connectivity index (χ4n) is 2.57. The maximum atomic E-state index is 11.9. The molecule has 2 aromatic carbocycles. The van der Waals surface area contributed by atoms with Gasteiger partial charge in [-0.3, -0.25) is 4.79 Å². The number of carbonyl (C=O) groups excluding carboxylic acids is 1. The van der Waals surface area contributed by atoms with E-state index in [4.69, 9.17) is 21.1 Å². The molecule has 0 saturated carbocycles. The molecule has 6 heteroatoms. The van der Waals surface area contributed by atoms with Crippen molar-refractivity contribution in [1.82, 2.24) is 0 Å². The second-order valence-corrected chi connectivity index (χ2v) is 6.80. The summed E-state index contributed by atoms with van der Waals surface area (Å²) in [5.74, 6) is 1.45. The van der Waals surface area contributed by atoms with Crippen molar-refractivity contribution in [2.24, 2.45) is 5.92 Å². The molecule has 140 valence electrons. The lowest BCUT2D eigenvalue weighted by Gasteiger charge is -2.13. The number of halogens is 1. The van der Waals surface area contributed by atoms with Crippen LogP contribution < -0.4 is 20.1 Å². The average Bonchev–Trinajstić information content (AvgIpc) is 2.59. The Hall–Kier alpha value is -2.40. The van der Waals surface area contributed by atoms with Crippen LogP contribution in [0.1, 0.15) is 25.8 Å². The molecule has 2 rings (SSSR count). The molecular formula is C20H25ClN2O3. The number of nitrogens with one attached hydrogen (secondary N) is 2. The summed E-state index contributed by atoms with van der Waals surface area (Å²) in [6.45, 7) is 4.60. The predicted molar refractivity (Wildman–Crippen MR) is 106 cm³/mol. The molecule has 1 amide bonds. The van der Waals surface area contributed by atoms with Gasteiger partial charge in [0.05, 0.1) is 19.2 Å². The molecular weight excluding hydrogens is 352 g/mol. The van der Waals surface area contributed by atoms with Gasteiger partial charge in [-0.1, -0.05) is 31.5 Å². The summed E-state index contributed by atoms with van der Waals surface area (Å²) in [6, 6.07) is 11.3. The Morgan fingerprint density at radius 1 is 1.12 bits per heavy atom. The van der Waals surface area contributed by atoms with Crippen molar-refractivity contribution in [3.05, 3.63) is 47.0 Å². The van der Waals surface area contributed by atoms with Crippen molar-refractivity contribution in [2.75, 3.05) is 24.9 Å². The number of ether oxygens (including phenoxy) is 2. The highest BCUT2D eigenvalue weighted by atomic mass is 35.5. The van der Waals surface area contributed by atoms with Gasteiger partial charge in [-0.25, -0.2) is 0 Å². The number of carbonyl (C=O) groups is 1. The second-order valence-electron chi connectivity index (χ2n) is 6.39. The average molecular weight is 377 g/mol. The van der Waals surface area contributed by atoms with Crippen molar-refractivity contribution in [3.8, 4) is 11.5 Å². The maximum Gasteiger partial charge on any atom is 0.224 e. The molecule has 5 nitrogen and oxygen atoms in total. The number of benzene rings is 2. The lowest BCUT2D eigenvalue weighted by molar-refractivity contribution is -0.116. The number of anilines is 2. The Kier molecular flexibility index (Phi) is 7.16. The van der Waals surface area contributed by atoms with Gasteiger partial charge in [-0.05, 0) is 41.8 Å². The van der Waals surface area contributed by atoms with Gasteiger partial charge in [0.2, 0.25) is 5.91 Å².